The summed E-state index contributed by atoms with van der Waals surface area (Å²) in [6, 6.07) is 8.51. The zero-order valence-corrected chi connectivity index (χ0v) is 13.4. The van der Waals surface area contributed by atoms with Gasteiger partial charge < -0.3 is 15.2 Å². The molecule has 0 bridgehead atoms. The number of methoxy groups -OCH3 is 1. The Hall–Kier alpha value is -1.06. The van der Waals surface area contributed by atoms with Crippen molar-refractivity contribution in [2.45, 2.75) is 63.5 Å². The van der Waals surface area contributed by atoms with Crippen molar-refractivity contribution in [1.82, 2.24) is 5.32 Å². The van der Waals surface area contributed by atoms with Crippen LogP contribution >= 0.6 is 0 Å². The van der Waals surface area contributed by atoms with Crippen LogP contribution < -0.4 is 10.1 Å². The molecule has 1 aliphatic rings. The highest BCUT2D eigenvalue weighted by atomic mass is 16.5. The zero-order valence-electron chi connectivity index (χ0n) is 13.4. The van der Waals surface area contributed by atoms with Crippen LogP contribution in [0.5, 0.6) is 5.75 Å². The summed E-state index contributed by atoms with van der Waals surface area (Å²) < 4.78 is 5.21. The second kappa shape index (κ2) is 7.81. The molecule has 1 saturated carbocycles. The Labute approximate surface area is 128 Å². The average Bonchev–Trinajstić information content (AvgIpc) is 2.73. The van der Waals surface area contributed by atoms with Crippen LogP contribution in [0, 0.1) is 0 Å². The molecule has 2 rings (SSSR count). The zero-order chi connectivity index (χ0) is 15.1. The Balaban J connectivity index is 1.94. The average molecular weight is 291 g/mol. The van der Waals surface area contributed by atoms with Gasteiger partial charge in [-0.1, -0.05) is 44.7 Å². The number of nitrogens with one attached hydrogen (secondary N) is 1. The fraction of sp³-hybridized carbons (Fsp3) is 0.667. The summed E-state index contributed by atoms with van der Waals surface area (Å²) >= 11 is 0. The van der Waals surface area contributed by atoms with E-state index in [1.165, 1.54) is 18.4 Å². The van der Waals surface area contributed by atoms with E-state index >= 15 is 0 Å². The first-order valence-corrected chi connectivity index (χ1v) is 8.26. The van der Waals surface area contributed by atoms with Crippen molar-refractivity contribution in [3.8, 4) is 5.75 Å². The fourth-order valence-electron chi connectivity index (χ4n) is 3.21. The maximum Gasteiger partial charge on any atom is 0.118 e. The van der Waals surface area contributed by atoms with Crippen LogP contribution in [0.1, 0.15) is 63.5 Å². The van der Waals surface area contributed by atoms with Gasteiger partial charge in [0.1, 0.15) is 5.75 Å². The molecule has 1 aliphatic carbocycles. The summed E-state index contributed by atoms with van der Waals surface area (Å²) in [4.78, 5) is 0. The lowest BCUT2D eigenvalue weighted by atomic mass is 9.93. The Morgan fingerprint density at radius 1 is 1.14 bits per heavy atom. The topological polar surface area (TPSA) is 41.5 Å². The Kier molecular flexibility index (Phi) is 6.07. The molecule has 0 heterocycles. The summed E-state index contributed by atoms with van der Waals surface area (Å²) in [7, 11) is 1.69. The molecule has 0 aliphatic heterocycles. The van der Waals surface area contributed by atoms with Gasteiger partial charge in [0.05, 0.1) is 12.7 Å². The molecule has 0 spiro atoms. The standard InChI is InChI=1S/C18H29NO2/c1-3-17(15-8-10-16(21-2)11-9-15)19-14-18(20)12-6-4-5-7-13-18/h8-11,17,19-20H,3-7,12-14H2,1-2H3. The molecular weight excluding hydrogens is 262 g/mol. The molecule has 3 nitrogen and oxygen atoms in total. The van der Waals surface area contributed by atoms with Crippen molar-refractivity contribution < 1.29 is 9.84 Å². The number of rotatable bonds is 6. The molecule has 1 atom stereocenters. The van der Waals surface area contributed by atoms with Crippen LogP contribution in [0.4, 0.5) is 0 Å². The molecule has 3 heteroatoms. The quantitative estimate of drug-likeness (QED) is 0.783. The van der Waals surface area contributed by atoms with Gasteiger partial charge in [0, 0.05) is 12.6 Å². The smallest absolute Gasteiger partial charge is 0.118 e. The minimum Gasteiger partial charge on any atom is -0.497 e. The minimum atomic E-state index is -0.517. The van der Waals surface area contributed by atoms with Crippen molar-refractivity contribution in [3.05, 3.63) is 29.8 Å². The van der Waals surface area contributed by atoms with Gasteiger partial charge in [-0.15, -0.1) is 0 Å². The molecule has 1 aromatic carbocycles. The van der Waals surface area contributed by atoms with E-state index in [9.17, 15) is 5.11 Å². The molecule has 1 unspecified atom stereocenters. The third kappa shape index (κ3) is 4.72. The molecule has 0 saturated heterocycles. The van der Waals surface area contributed by atoms with Crippen LogP contribution in [-0.2, 0) is 0 Å². The number of aliphatic hydroxyl groups is 1. The van der Waals surface area contributed by atoms with Crippen LogP contribution in [0.2, 0.25) is 0 Å². The van der Waals surface area contributed by atoms with E-state index in [2.05, 4.69) is 24.4 Å². The highest BCUT2D eigenvalue weighted by Gasteiger charge is 2.28. The fourth-order valence-corrected chi connectivity index (χ4v) is 3.21. The third-order valence-corrected chi connectivity index (χ3v) is 4.64. The van der Waals surface area contributed by atoms with Crippen LogP contribution in [0.3, 0.4) is 0 Å². The molecule has 118 valence electrons. The number of benzene rings is 1. The first kappa shape index (κ1) is 16.3. The SMILES string of the molecule is CCC(NCC1(O)CCCCCC1)c1ccc(OC)cc1. The Morgan fingerprint density at radius 3 is 2.29 bits per heavy atom. The minimum absolute atomic E-state index is 0.295. The van der Waals surface area contributed by atoms with E-state index < -0.39 is 5.60 Å². The molecule has 0 aromatic heterocycles. The summed E-state index contributed by atoms with van der Waals surface area (Å²) in [6.45, 7) is 2.87. The lowest BCUT2D eigenvalue weighted by Gasteiger charge is -2.29. The molecule has 1 fully saturated rings. The largest absolute Gasteiger partial charge is 0.497 e. The summed E-state index contributed by atoms with van der Waals surface area (Å²) in [5.74, 6) is 0.885. The van der Waals surface area contributed by atoms with Gasteiger partial charge >= 0.3 is 0 Å². The van der Waals surface area contributed by atoms with Gasteiger partial charge in [0.25, 0.3) is 0 Å². The molecule has 1 aromatic rings. The lowest BCUT2D eigenvalue weighted by molar-refractivity contribution is 0.0225. The first-order chi connectivity index (χ1) is 10.2. The highest BCUT2D eigenvalue weighted by molar-refractivity contribution is 5.29. The van der Waals surface area contributed by atoms with Crippen molar-refractivity contribution in [2.75, 3.05) is 13.7 Å². The predicted octanol–water partition coefficient (Wildman–Crippen LogP) is 3.82. The van der Waals surface area contributed by atoms with Crippen molar-refractivity contribution in [3.63, 3.8) is 0 Å². The molecule has 2 N–H and O–H groups in total. The van der Waals surface area contributed by atoms with Crippen LogP contribution in [0.15, 0.2) is 24.3 Å². The van der Waals surface area contributed by atoms with E-state index in [-0.39, 0.29) is 0 Å². The van der Waals surface area contributed by atoms with Gasteiger partial charge in [0.15, 0.2) is 0 Å². The van der Waals surface area contributed by atoms with Crippen molar-refractivity contribution in [2.24, 2.45) is 0 Å². The maximum absolute atomic E-state index is 10.7. The monoisotopic (exact) mass is 291 g/mol. The molecule has 0 amide bonds. The molecule has 0 radical (unpaired) electrons. The van der Waals surface area contributed by atoms with Gasteiger partial charge in [-0.3, -0.25) is 0 Å². The Bertz CT molecular complexity index is 408. The number of hydrogen-bond donors (Lipinski definition) is 2. The van der Waals surface area contributed by atoms with Crippen LogP contribution in [-0.4, -0.2) is 24.4 Å². The van der Waals surface area contributed by atoms with Gasteiger partial charge in [-0.2, -0.15) is 0 Å². The first-order valence-electron chi connectivity index (χ1n) is 8.26. The van der Waals surface area contributed by atoms with Gasteiger partial charge in [0.2, 0.25) is 0 Å². The second-order valence-corrected chi connectivity index (χ2v) is 6.25. The Morgan fingerprint density at radius 2 is 1.76 bits per heavy atom. The summed E-state index contributed by atoms with van der Waals surface area (Å²) in [6.07, 6.45) is 7.70. The third-order valence-electron chi connectivity index (χ3n) is 4.64. The number of hydrogen-bond acceptors (Lipinski definition) is 3. The lowest BCUT2D eigenvalue weighted by Crippen LogP contribution is -2.41. The summed E-state index contributed by atoms with van der Waals surface area (Å²) in [5.41, 5.74) is 0.742. The summed E-state index contributed by atoms with van der Waals surface area (Å²) in [5, 5.41) is 14.3. The van der Waals surface area contributed by atoms with Crippen molar-refractivity contribution >= 4 is 0 Å². The van der Waals surface area contributed by atoms with E-state index in [4.69, 9.17) is 4.74 Å². The van der Waals surface area contributed by atoms with Gasteiger partial charge in [-0.25, -0.2) is 0 Å². The van der Waals surface area contributed by atoms with Gasteiger partial charge in [-0.05, 0) is 37.0 Å². The van der Waals surface area contributed by atoms with Crippen molar-refractivity contribution in [1.29, 1.82) is 0 Å². The van der Waals surface area contributed by atoms with E-state index in [0.29, 0.717) is 12.6 Å². The van der Waals surface area contributed by atoms with E-state index in [0.717, 1.165) is 37.9 Å². The predicted molar refractivity (Wildman–Crippen MR) is 86.7 cm³/mol. The number of ether oxygens (including phenoxy) is 1. The highest BCUT2D eigenvalue weighted by Crippen LogP contribution is 2.28. The second-order valence-electron chi connectivity index (χ2n) is 6.25. The normalized spacial score (nSPS) is 19.8. The molecule has 21 heavy (non-hydrogen) atoms. The van der Waals surface area contributed by atoms with E-state index in [1.807, 2.05) is 12.1 Å². The molecular formula is C18H29NO2. The maximum atomic E-state index is 10.7. The van der Waals surface area contributed by atoms with Crippen LogP contribution in [0.25, 0.3) is 0 Å². The van der Waals surface area contributed by atoms with E-state index in [1.54, 1.807) is 7.11 Å².